The number of nitrogens with zero attached hydrogens (tertiary/aromatic N) is 1. The van der Waals surface area contributed by atoms with E-state index in [1.807, 2.05) is 6.07 Å². The van der Waals surface area contributed by atoms with Crippen molar-refractivity contribution in [1.82, 2.24) is 10.3 Å². The molecule has 3 rings (SSSR count). The monoisotopic (exact) mass is 284 g/mol. The first-order valence-electron chi connectivity index (χ1n) is 8.02. The topological polar surface area (TPSA) is 34.2 Å². The zero-order valence-corrected chi connectivity index (χ0v) is 13.0. The van der Waals surface area contributed by atoms with Crippen LogP contribution in [0.4, 0.5) is 0 Å². The summed E-state index contributed by atoms with van der Waals surface area (Å²) < 4.78 is 5.40. The summed E-state index contributed by atoms with van der Waals surface area (Å²) in [7, 11) is 1.72. The van der Waals surface area contributed by atoms with Crippen molar-refractivity contribution in [2.24, 2.45) is 0 Å². The molecule has 1 aliphatic rings. The molecule has 3 heteroatoms. The van der Waals surface area contributed by atoms with Gasteiger partial charge in [0.15, 0.2) is 0 Å². The minimum atomic E-state index is 0.914. The van der Waals surface area contributed by atoms with E-state index in [9.17, 15) is 0 Å². The van der Waals surface area contributed by atoms with Crippen LogP contribution in [0.1, 0.15) is 43.0 Å². The van der Waals surface area contributed by atoms with E-state index in [0.717, 1.165) is 37.2 Å². The lowest BCUT2D eigenvalue weighted by atomic mass is 9.89. The number of hydrogen-bond acceptors (Lipinski definition) is 3. The van der Waals surface area contributed by atoms with Crippen LogP contribution < -0.4 is 10.1 Å². The van der Waals surface area contributed by atoms with Gasteiger partial charge in [0.05, 0.1) is 12.6 Å². The van der Waals surface area contributed by atoms with E-state index in [1.54, 1.807) is 7.11 Å². The number of hydrogen-bond donors (Lipinski definition) is 1. The summed E-state index contributed by atoms with van der Waals surface area (Å²) in [5, 5.41) is 4.81. The second-order valence-corrected chi connectivity index (χ2v) is 5.78. The average molecular weight is 284 g/mol. The van der Waals surface area contributed by atoms with Gasteiger partial charge in [0.25, 0.3) is 0 Å². The van der Waals surface area contributed by atoms with Crippen molar-refractivity contribution >= 4 is 10.9 Å². The Labute approximate surface area is 126 Å². The van der Waals surface area contributed by atoms with Crippen LogP contribution in [0.25, 0.3) is 10.9 Å². The third-order valence-corrected chi connectivity index (χ3v) is 4.32. The van der Waals surface area contributed by atoms with Gasteiger partial charge < -0.3 is 10.1 Å². The standard InChI is InChI=1S/C18H24N2O/c1-3-10-19-12-16-14-6-4-5-7-17(14)20-18-9-8-13(21-2)11-15(16)18/h8-9,11,19H,3-7,10,12H2,1-2H3. The largest absolute Gasteiger partial charge is 0.497 e. The van der Waals surface area contributed by atoms with Crippen LogP contribution in [0.2, 0.25) is 0 Å². The molecule has 21 heavy (non-hydrogen) atoms. The van der Waals surface area contributed by atoms with Crippen LogP contribution in [0.5, 0.6) is 5.75 Å². The predicted octanol–water partition coefficient (Wildman–Crippen LogP) is 3.62. The lowest BCUT2D eigenvalue weighted by Gasteiger charge is -2.21. The normalized spacial score (nSPS) is 14.2. The Kier molecular flexibility index (Phi) is 4.39. The fourth-order valence-electron chi connectivity index (χ4n) is 3.22. The molecule has 2 aromatic rings. The molecule has 0 radical (unpaired) electrons. The Hall–Kier alpha value is -1.61. The van der Waals surface area contributed by atoms with Crippen molar-refractivity contribution in [2.75, 3.05) is 13.7 Å². The van der Waals surface area contributed by atoms with Gasteiger partial charge >= 0.3 is 0 Å². The third-order valence-electron chi connectivity index (χ3n) is 4.32. The number of aryl methyl sites for hydroxylation is 1. The Balaban J connectivity index is 2.11. The second-order valence-electron chi connectivity index (χ2n) is 5.78. The summed E-state index contributed by atoms with van der Waals surface area (Å²) in [6.07, 6.45) is 6.00. The maximum atomic E-state index is 5.40. The first-order chi connectivity index (χ1) is 10.3. The predicted molar refractivity (Wildman–Crippen MR) is 86.9 cm³/mol. The molecule has 0 fully saturated rings. The summed E-state index contributed by atoms with van der Waals surface area (Å²) in [5.74, 6) is 0.914. The SMILES string of the molecule is CCCNCc1c2c(nc3ccc(OC)cc13)CCCC2. The maximum Gasteiger partial charge on any atom is 0.119 e. The van der Waals surface area contributed by atoms with Gasteiger partial charge in [0, 0.05) is 17.6 Å². The van der Waals surface area contributed by atoms with Crippen molar-refractivity contribution in [3.05, 3.63) is 35.0 Å². The Morgan fingerprint density at radius 2 is 2.10 bits per heavy atom. The van der Waals surface area contributed by atoms with E-state index in [2.05, 4.69) is 24.4 Å². The highest BCUT2D eigenvalue weighted by atomic mass is 16.5. The molecular weight excluding hydrogens is 260 g/mol. The zero-order chi connectivity index (χ0) is 14.7. The van der Waals surface area contributed by atoms with Crippen molar-refractivity contribution in [2.45, 2.75) is 45.6 Å². The fourth-order valence-corrected chi connectivity index (χ4v) is 3.22. The van der Waals surface area contributed by atoms with E-state index >= 15 is 0 Å². The van der Waals surface area contributed by atoms with Crippen LogP contribution in [-0.2, 0) is 19.4 Å². The smallest absolute Gasteiger partial charge is 0.119 e. The molecule has 0 unspecified atom stereocenters. The van der Waals surface area contributed by atoms with E-state index in [4.69, 9.17) is 9.72 Å². The van der Waals surface area contributed by atoms with Crippen LogP contribution in [0, 0.1) is 0 Å². The van der Waals surface area contributed by atoms with Gasteiger partial charge in [-0.25, -0.2) is 0 Å². The van der Waals surface area contributed by atoms with Gasteiger partial charge in [0.1, 0.15) is 5.75 Å². The molecule has 0 saturated heterocycles. The van der Waals surface area contributed by atoms with Gasteiger partial charge in [-0.2, -0.15) is 0 Å². The molecule has 0 bridgehead atoms. The van der Waals surface area contributed by atoms with E-state index in [0.29, 0.717) is 0 Å². The summed E-state index contributed by atoms with van der Waals surface area (Å²) in [4.78, 5) is 4.90. The number of benzene rings is 1. The summed E-state index contributed by atoms with van der Waals surface area (Å²) in [5.41, 5.74) is 5.32. The highest BCUT2D eigenvalue weighted by Gasteiger charge is 2.18. The Morgan fingerprint density at radius 3 is 2.90 bits per heavy atom. The van der Waals surface area contributed by atoms with Crippen LogP contribution >= 0.6 is 0 Å². The molecule has 1 aromatic carbocycles. The van der Waals surface area contributed by atoms with Gasteiger partial charge in [-0.3, -0.25) is 4.98 Å². The molecule has 0 atom stereocenters. The van der Waals surface area contributed by atoms with Crippen LogP contribution in [0.15, 0.2) is 18.2 Å². The number of aromatic nitrogens is 1. The minimum absolute atomic E-state index is 0.914. The second kappa shape index (κ2) is 6.44. The lowest BCUT2D eigenvalue weighted by Crippen LogP contribution is -2.18. The molecule has 112 valence electrons. The number of nitrogens with one attached hydrogen (secondary N) is 1. The van der Waals surface area contributed by atoms with Gasteiger partial charge in [-0.15, -0.1) is 0 Å². The fraction of sp³-hybridized carbons (Fsp3) is 0.500. The Bertz CT molecular complexity index is 637. The number of rotatable bonds is 5. The molecule has 1 heterocycles. The number of fused-ring (bicyclic) bond motifs is 2. The van der Waals surface area contributed by atoms with Gasteiger partial charge in [-0.05, 0) is 68.0 Å². The molecule has 1 aromatic heterocycles. The van der Waals surface area contributed by atoms with Gasteiger partial charge in [0.2, 0.25) is 0 Å². The molecule has 1 aliphatic carbocycles. The van der Waals surface area contributed by atoms with E-state index < -0.39 is 0 Å². The Morgan fingerprint density at radius 1 is 1.24 bits per heavy atom. The van der Waals surface area contributed by atoms with E-state index in [-0.39, 0.29) is 0 Å². The highest BCUT2D eigenvalue weighted by molar-refractivity contribution is 5.85. The quantitative estimate of drug-likeness (QED) is 0.851. The lowest BCUT2D eigenvalue weighted by molar-refractivity contribution is 0.415. The molecule has 0 aliphatic heterocycles. The molecule has 0 spiro atoms. The maximum absolute atomic E-state index is 5.40. The van der Waals surface area contributed by atoms with Crippen molar-refractivity contribution in [3.63, 3.8) is 0 Å². The van der Waals surface area contributed by atoms with Crippen molar-refractivity contribution < 1.29 is 4.74 Å². The zero-order valence-electron chi connectivity index (χ0n) is 13.0. The number of pyridine rings is 1. The van der Waals surface area contributed by atoms with Crippen molar-refractivity contribution in [1.29, 1.82) is 0 Å². The third kappa shape index (κ3) is 2.88. The molecule has 3 nitrogen and oxygen atoms in total. The summed E-state index contributed by atoms with van der Waals surface area (Å²) >= 11 is 0. The number of methoxy groups -OCH3 is 1. The van der Waals surface area contributed by atoms with E-state index in [1.165, 1.54) is 41.5 Å². The highest BCUT2D eigenvalue weighted by Crippen LogP contribution is 2.31. The molecule has 1 N–H and O–H groups in total. The summed E-state index contributed by atoms with van der Waals surface area (Å²) in [6, 6.07) is 6.24. The van der Waals surface area contributed by atoms with Gasteiger partial charge in [-0.1, -0.05) is 6.92 Å². The summed E-state index contributed by atoms with van der Waals surface area (Å²) in [6.45, 7) is 4.20. The van der Waals surface area contributed by atoms with Crippen molar-refractivity contribution in [3.8, 4) is 5.75 Å². The molecule has 0 saturated carbocycles. The minimum Gasteiger partial charge on any atom is -0.497 e. The first-order valence-corrected chi connectivity index (χ1v) is 8.02. The first kappa shape index (κ1) is 14.3. The molecule has 0 amide bonds. The molecular formula is C18H24N2O. The number of ether oxygens (including phenoxy) is 1. The van der Waals surface area contributed by atoms with Crippen LogP contribution in [0.3, 0.4) is 0 Å². The van der Waals surface area contributed by atoms with Crippen LogP contribution in [-0.4, -0.2) is 18.6 Å². The average Bonchev–Trinajstić information content (AvgIpc) is 2.54.